The average molecular weight is 325 g/mol. The molecule has 3 rings (SSSR count). The Morgan fingerprint density at radius 2 is 1.96 bits per heavy atom. The quantitative estimate of drug-likeness (QED) is 0.670. The van der Waals surface area contributed by atoms with Crippen LogP contribution in [0.1, 0.15) is 24.0 Å². The Morgan fingerprint density at radius 1 is 1.21 bits per heavy atom. The molecule has 1 amide bonds. The number of benzene rings is 2. The lowest BCUT2D eigenvalue weighted by Gasteiger charge is -2.16. The summed E-state index contributed by atoms with van der Waals surface area (Å²) in [4.78, 5) is 24.3. The Kier molecular flexibility index (Phi) is 4.46. The number of carbonyl (C=O) groups excluding carboxylic acids is 1. The summed E-state index contributed by atoms with van der Waals surface area (Å²) in [5, 5.41) is 14.3. The van der Waals surface area contributed by atoms with Gasteiger partial charge in [0.1, 0.15) is 5.69 Å². The van der Waals surface area contributed by atoms with Gasteiger partial charge in [0.2, 0.25) is 5.91 Å². The zero-order valence-electron chi connectivity index (χ0n) is 13.5. The monoisotopic (exact) mass is 325 g/mol. The second-order valence-electron chi connectivity index (χ2n) is 6.02. The van der Waals surface area contributed by atoms with Crippen molar-refractivity contribution in [2.45, 2.75) is 26.3 Å². The van der Waals surface area contributed by atoms with Crippen LogP contribution in [0.25, 0.3) is 0 Å². The van der Waals surface area contributed by atoms with Gasteiger partial charge in [-0.3, -0.25) is 14.9 Å². The highest BCUT2D eigenvalue weighted by Gasteiger charge is 2.20. The molecule has 0 aliphatic carbocycles. The maximum absolute atomic E-state index is 11.7. The number of likely N-dealkylation sites (tertiary alicyclic amines) is 1. The van der Waals surface area contributed by atoms with Crippen molar-refractivity contribution in [2.24, 2.45) is 0 Å². The maximum Gasteiger partial charge on any atom is 0.292 e. The summed E-state index contributed by atoms with van der Waals surface area (Å²) >= 11 is 0. The van der Waals surface area contributed by atoms with E-state index in [0.29, 0.717) is 18.7 Å². The van der Waals surface area contributed by atoms with Gasteiger partial charge in [-0.1, -0.05) is 18.2 Å². The van der Waals surface area contributed by atoms with Crippen molar-refractivity contribution < 1.29 is 9.72 Å². The Hall–Kier alpha value is -2.89. The maximum atomic E-state index is 11.7. The van der Waals surface area contributed by atoms with E-state index in [-0.39, 0.29) is 16.5 Å². The van der Waals surface area contributed by atoms with E-state index >= 15 is 0 Å². The summed E-state index contributed by atoms with van der Waals surface area (Å²) < 4.78 is 0. The number of nitro benzene ring substituents is 1. The van der Waals surface area contributed by atoms with Gasteiger partial charge in [0.05, 0.1) is 4.92 Å². The third kappa shape index (κ3) is 3.53. The molecule has 2 aromatic carbocycles. The van der Waals surface area contributed by atoms with Crippen LogP contribution in [-0.4, -0.2) is 22.3 Å². The second kappa shape index (κ2) is 6.70. The van der Waals surface area contributed by atoms with Crippen molar-refractivity contribution in [1.82, 2.24) is 4.90 Å². The minimum Gasteiger partial charge on any atom is -0.350 e. The fourth-order valence-electron chi connectivity index (χ4n) is 2.84. The SMILES string of the molecule is Cc1ccc(Nc2ccc(CN3CCCC3=O)cc2)c([N+](=O)[O-])c1. The lowest BCUT2D eigenvalue weighted by molar-refractivity contribution is -0.384. The van der Waals surface area contributed by atoms with Crippen molar-refractivity contribution >= 4 is 23.0 Å². The van der Waals surface area contributed by atoms with E-state index in [9.17, 15) is 14.9 Å². The molecule has 2 aromatic rings. The highest BCUT2D eigenvalue weighted by Crippen LogP contribution is 2.28. The van der Waals surface area contributed by atoms with Gasteiger partial charge in [-0.15, -0.1) is 0 Å². The number of nitrogens with one attached hydrogen (secondary N) is 1. The number of amides is 1. The van der Waals surface area contributed by atoms with Gasteiger partial charge in [-0.25, -0.2) is 0 Å². The van der Waals surface area contributed by atoms with Crippen LogP contribution < -0.4 is 5.32 Å². The molecule has 6 heteroatoms. The van der Waals surface area contributed by atoms with E-state index in [1.54, 1.807) is 12.1 Å². The number of carbonyl (C=O) groups is 1. The normalized spacial score (nSPS) is 14.0. The third-order valence-electron chi connectivity index (χ3n) is 4.13. The average Bonchev–Trinajstić information content (AvgIpc) is 2.96. The third-order valence-corrected chi connectivity index (χ3v) is 4.13. The molecule has 1 heterocycles. The molecule has 0 bridgehead atoms. The summed E-state index contributed by atoms with van der Waals surface area (Å²) in [5.74, 6) is 0.201. The van der Waals surface area contributed by atoms with Gasteiger partial charge in [0.15, 0.2) is 0 Å². The minimum absolute atomic E-state index is 0.0572. The summed E-state index contributed by atoms with van der Waals surface area (Å²) in [5.41, 5.74) is 3.19. The van der Waals surface area contributed by atoms with Gasteiger partial charge in [0.25, 0.3) is 5.69 Å². The molecular formula is C18H19N3O3. The van der Waals surface area contributed by atoms with Gasteiger partial charge in [-0.2, -0.15) is 0 Å². The van der Waals surface area contributed by atoms with E-state index in [4.69, 9.17) is 0 Å². The van der Waals surface area contributed by atoms with Crippen LogP contribution in [-0.2, 0) is 11.3 Å². The first kappa shape index (κ1) is 16.0. The molecule has 0 atom stereocenters. The van der Waals surface area contributed by atoms with Crippen LogP contribution in [0.15, 0.2) is 42.5 Å². The Bertz CT molecular complexity index is 772. The van der Waals surface area contributed by atoms with E-state index in [1.165, 1.54) is 0 Å². The van der Waals surface area contributed by atoms with Crippen molar-refractivity contribution in [3.05, 3.63) is 63.7 Å². The Balaban J connectivity index is 1.72. The summed E-state index contributed by atoms with van der Waals surface area (Å²) in [6.45, 7) is 3.25. The van der Waals surface area contributed by atoms with Crippen LogP contribution >= 0.6 is 0 Å². The lowest BCUT2D eigenvalue weighted by Crippen LogP contribution is -2.23. The summed E-state index contributed by atoms with van der Waals surface area (Å²) in [7, 11) is 0. The largest absolute Gasteiger partial charge is 0.350 e. The predicted octanol–water partition coefficient (Wildman–Crippen LogP) is 3.77. The number of nitro groups is 1. The zero-order chi connectivity index (χ0) is 17.1. The van der Waals surface area contributed by atoms with E-state index in [0.717, 1.165) is 29.8 Å². The van der Waals surface area contributed by atoms with Crippen molar-refractivity contribution in [1.29, 1.82) is 0 Å². The van der Waals surface area contributed by atoms with Crippen LogP contribution in [0.3, 0.4) is 0 Å². The number of rotatable bonds is 5. The molecule has 0 saturated carbocycles. The Morgan fingerprint density at radius 3 is 2.58 bits per heavy atom. The fraction of sp³-hybridized carbons (Fsp3) is 0.278. The summed E-state index contributed by atoms with van der Waals surface area (Å²) in [6, 6.07) is 12.7. The smallest absolute Gasteiger partial charge is 0.292 e. The van der Waals surface area contributed by atoms with Gasteiger partial charge in [0, 0.05) is 31.3 Å². The van der Waals surface area contributed by atoms with E-state index in [1.807, 2.05) is 42.2 Å². The van der Waals surface area contributed by atoms with Crippen LogP contribution in [0.2, 0.25) is 0 Å². The van der Waals surface area contributed by atoms with Crippen LogP contribution in [0.5, 0.6) is 0 Å². The first-order valence-electron chi connectivity index (χ1n) is 7.92. The number of anilines is 2. The topological polar surface area (TPSA) is 75.5 Å². The molecule has 24 heavy (non-hydrogen) atoms. The highest BCUT2D eigenvalue weighted by atomic mass is 16.6. The van der Waals surface area contributed by atoms with Crippen molar-refractivity contribution in [2.75, 3.05) is 11.9 Å². The molecule has 1 saturated heterocycles. The molecule has 1 N–H and O–H groups in total. The first-order chi connectivity index (χ1) is 11.5. The fourth-order valence-corrected chi connectivity index (χ4v) is 2.84. The molecule has 0 aromatic heterocycles. The molecule has 6 nitrogen and oxygen atoms in total. The number of aryl methyl sites for hydroxylation is 1. The number of nitrogens with zero attached hydrogens (tertiary/aromatic N) is 2. The standard InChI is InChI=1S/C18H19N3O3/c1-13-4-9-16(17(11-13)21(23)24)19-15-7-5-14(6-8-15)12-20-10-2-3-18(20)22/h4-9,11,19H,2-3,10,12H2,1H3. The van der Waals surface area contributed by atoms with Gasteiger partial charge < -0.3 is 10.2 Å². The molecule has 1 aliphatic heterocycles. The Labute approximate surface area is 140 Å². The molecule has 1 fully saturated rings. The highest BCUT2D eigenvalue weighted by molar-refractivity contribution is 5.78. The zero-order valence-corrected chi connectivity index (χ0v) is 13.5. The molecule has 0 radical (unpaired) electrons. The number of hydrogen-bond donors (Lipinski definition) is 1. The van der Waals surface area contributed by atoms with Crippen molar-refractivity contribution in [3.8, 4) is 0 Å². The molecule has 1 aliphatic rings. The van der Waals surface area contributed by atoms with E-state index < -0.39 is 0 Å². The van der Waals surface area contributed by atoms with Crippen molar-refractivity contribution in [3.63, 3.8) is 0 Å². The van der Waals surface area contributed by atoms with Gasteiger partial charge >= 0.3 is 0 Å². The molecule has 0 spiro atoms. The predicted molar refractivity (Wildman–Crippen MR) is 92.2 cm³/mol. The van der Waals surface area contributed by atoms with E-state index in [2.05, 4.69) is 5.32 Å². The molecule has 0 unspecified atom stereocenters. The second-order valence-corrected chi connectivity index (χ2v) is 6.02. The molecule has 124 valence electrons. The lowest BCUT2D eigenvalue weighted by atomic mass is 10.1. The van der Waals surface area contributed by atoms with Gasteiger partial charge in [-0.05, 0) is 42.7 Å². The molecular weight excluding hydrogens is 306 g/mol. The number of hydrogen-bond acceptors (Lipinski definition) is 4. The summed E-state index contributed by atoms with van der Waals surface area (Å²) in [6.07, 6.45) is 1.56. The van der Waals surface area contributed by atoms with Crippen LogP contribution in [0.4, 0.5) is 17.1 Å². The minimum atomic E-state index is -0.386. The first-order valence-corrected chi connectivity index (χ1v) is 7.92. The van der Waals surface area contributed by atoms with Crippen LogP contribution in [0, 0.1) is 17.0 Å².